The fraction of sp³-hybridized carbons (Fsp3) is 0.786. The highest BCUT2D eigenvalue weighted by molar-refractivity contribution is 5.88. The molecule has 0 bridgehead atoms. The van der Waals surface area contributed by atoms with Crippen LogP contribution < -0.4 is 5.32 Å². The van der Waals surface area contributed by atoms with Crippen molar-refractivity contribution >= 4 is 17.8 Å². The molecule has 7 heteroatoms. The molecule has 122 valence electrons. The quantitative estimate of drug-likeness (QED) is 0.683. The molecule has 0 aliphatic heterocycles. The van der Waals surface area contributed by atoms with E-state index in [1.807, 2.05) is 0 Å². The minimum absolute atomic E-state index is 0.0459. The summed E-state index contributed by atoms with van der Waals surface area (Å²) in [4.78, 5) is 34.6. The highest BCUT2D eigenvalue weighted by atomic mass is 16.6. The Labute approximate surface area is 125 Å². The Morgan fingerprint density at radius 2 is 1.67 bits per heavy atom. The molecule has 0 spiro atoms. The number of aliphatic carboxylic acids is 1. The standard InChI is InChI=1S/C14H25NO6/c1-13(2,3)21-10(16)8-7-9(11(17)18)15-12(19)14(4,5)20-6/h9H,7-8H2,1-6H3,(H,15,19)(H,17,18)/t9-/m1/s1. The van der Waals surface area contributed by atoms with Crippen molar-refractivity contribution in [3.8, 4) is 0 Å². The Morgan fingerprint density at radius 3 is 2.05 bits per heavy atom. The van der Waals surface area contributed by atoms with Gasteiger partial charge in [0.25, 0.3) is 5.91 Å². The Morgan fingerprint density at radius 1 is 1.14 bits per heavy atom. The second-order valence-corrected chi connectivity index (χ2v) is 6.20. The maximum Gasteiger partial charge on any atom is 0.326 e. The molecule has 0 rings (SSSR count). The maximum absolute atomic E-state index is 11.9. The molecule has 0 aliphatic rings. The SMILES string of the molecule is COC(C)(C)C(=O)N[C@H](CCC(=O)OC(C)(C)C)C(=O)O. The maximum atomic E-state index is 11.9. The molecule has 0 aromatic carbocycles. The van der Waals surface area contributed by atoms with Gasteiger partial charge in [-0.1, -0.05) is 0 Å². The van der Waals surface area contributed by atoms with Gasteiger partial charge in [-0.2, -0.15) is 0 Å². The monoisotopic (exact) mass is 303 g/mol. The van der Waals surface area contributed by atoms with Crippen molar-refractivity contribution in [2.45, 2.75) is 64.7 Å². The number of amides is 1. The van der Waals surface area contributed by atoms with Gasteiger partial charge in [0, 0.05) is 13.5 Å². The van der Waals surface area contributed by atoms with Crippen LogP contribution in [0.15, 0.2) is 0 Å². The molecule has 0 heterocycles. The summed E-state index contributed by atoms with van der Waals surface area (Å²) in [5.41, 5.74) is -1.77. The predicted octanol–water partition coefficient (Wildman–Crippen LogP) is 1.10. The Balaban J connectivity index is 4.56. The minimum atomic E-state index is -1.21. The summed E-state index contributed by atoms with van der Waals surface area (Å²) >= 11 is 0. The highest BCUT2D eigenvalue weighted by Gasteiger charge is 2.31. The molecule has 0 saturated heterocycles. The first-order chi connectivity index (χ1) is 9.39. The van der Waals surface area contributed by atoms with Crippen LogP contribution in [-0.2, 0) is 23.9 Å². The molecule has 21 heavy (non-hydrogen) atoms. The Hall–Kier alpha value is -1.63. The first-order valence-electron chi connectivity index (χ1n) is 6.70. The summed E-state index contributed by atoms with van der Waals surface area (Å²) in [5.74, 6) is -2.27. The second kappa shape index (κ2) is 7.40. The van der Waals surface area contributed by atoms with Gasteiger partial charge in [0.1, 0.15) is 17.2 Å². The highest BCUT2D eigenvalue weighted by Crippen LogP contribution is 2.12. The lowest BCUT2D eigenvalue weighted by atomic mass is 10.1. The average molecular weight is 303 g/mol. The Kier molecular flexibility index (Phi) is 6.82. The largest absolute Gasteiger partial charge is 0.480 e. The van der Waals surface area contributed by atoms with Crippen LogP contribution in [0.2, 0.25) is 0 Å². The zero-order chi connectivity index (χ0) is 16.8. The molecule has 7 nitrogen and oxygen atoms in total. The first kappa shape index (κ1) is 19.4. The number of methoxy groups -OCH3 is 1. The number of carbonyl (C=O) groups excluding carboxylic acids is 2. The summed E-state index contributed by atoms with van der Waals surface area (Å²) in [6, 6.07) is -1.17. The molecule has 0 aromatic heterocycles. The van der Waals surface area contributed by atoms with Gasteiger partial charge in [-0.15, -0.1) is 0 Å². The molecule has 2 N–H and O–H groups in total. The molecular weight excluding hydrogens is 278 g/mol. The van der Waals surface area contributed by atoms with Gasteiger partial charge in [-0.05, 0) is 41.0 Å². The van der Waals surface area contributed by atoms with Crippen LogP contribution in [0.5, 0.6) is 0 Å². The number of carbonyl (C=O) groups is 3. The molecule has 0 saturated carbocycles. The van der Waals surface area contributed by atoms with Crippen LogP contribution in [0, 0.1) is 0 Å². The van der Waals surface area contributed by atoms with Crippen molar-refractivity contribution in [1.82, 2.24) is 5.32 Å². The lowest BCUT2D eigenvalue weighted by molar-refractivity contribution is -0.155. The van der Waals surface area contributed by atoms with Crippen LogP contribution >= 0.6 is 0 Å². The molecule has 0 aromatic rings. The fourth-order valence-electron chi connectivity index (χ4n) is 1.34. The van der Waals surface area contributed by atoms with Crippen molar-refractivity contribution in [3.63, 3.8) is 0 Å². The van der Waals surface area contributed by atoms with Crippen molar-refractivity contribution < 1.29 is 29.0 Å². The number of carboxylic acid groups (broad SMARTS) is 1. The summed E-state index contributed by atoms with van der Waals surface area (Å²) < 4.78 is 10.1. The number of esters is 1. The second-order valence-electron chi connectivity index (χ2n) is 6.20. The molecule has 1 atom stereocenters. The van der Waals surface area contributed by atoms with Crippen molar-refractivity contribution in [3.05, 3.63) is 0 Å². The van der Waals surface area contributed by atoms with Gasteiger partial charge in [0.2, 0.25) is 0 Å². The predicted molar refractivity (Wildman–Crippen MR) is 75.7 cm³/mol. The van der Waals surface area contributed by atoms with Crippen LogP contribution in [0.4, 0.5) is 0 Å². The normalized spacial score (nSPS) is 13.4. The third kappa shape index (κ3) is 7.65. The molecule has 0 unspecified atom stereocenters. The van der Waals surface area contributed by atoms with E-state index >= 15 is 0 Å². The number of hydrogen-bond acceptors (Lipinski definition) is 5. The summed E-state index contributed by atoms with van der Waals surface area (Å²) in [7, 11) is 1.36. The van der Waals surface area contributed by atoms with Crippen LogP contribution in [0.3, 0.4) is 0 Å². The van der Waals surface area contributed by atoms with Gasteiger partial charge in [0.05, 0.1) is 0 Å². The zero-order valence-electron chi connectivity index (χ0n) is 13.5. The van der Waals surface area contributed by atoms with Crippen LogP contribution in [0.1, 0.15) is 47.5 Å². The number of nitrogens with one attached hydrogen (secondary N) is 1. The van der Waals surface area contributed by atoms with E-state index in [9.17, 15) is 14.4 Å². The molecule has 0 radical (unpaired) electrons. The molecular formula is C14H25NO6. The Bertz CT molecular complexity index is 397. The van der Waals surface area contributed by atoms with Gasteiger partial charge in [-0.3, -0.25) is 9.59 Å². The summed E-state index contributed by atoms with van der Waals surface area (Å²) in [5, 5.41) is 11.5. The number of rotatable bonds is 7. The van der Waals surface area contributed by atoms with E-state index in [0.717, 1.165) is 0 Å². The number of hydrogen-bond donors (Lipinski definition) is 2. The van der Waals surface area contributed by atoms with Gasteiger partial charge >= 0.3 is 11.9 Å². The lowest BCUT2D eigenvalue weighted by Gasteiger charge is -2.24. The van der Waals surface area contributed by atoms with Crippen LogP contribution in [-0.4, -0.2) is 47.3 Å². The average Bonchev–Trinajstić information content (AvgIpc) is 2.31. The van der Waals surface area contributed by atoms with Crippen LogP contribution in [0.25, 0.3) is 0 Å². The summed E-state index contributed by atoms with van der Waals surface area (Å²) in [6.07, 6.45) is -0.141. The smallest absolute Gasteiger partial charge is 0.326 e. The van der Waals surface area contributed by atoms with E-state index in [1.165, 1.54) is 21.0 Å². The van der Waals surface area contributed by atoms with Crippen molar-refractivity contribution in [1.29, 1.82) is 0 Å². The first-order valence-corrected chi connectivity index (χ1v) is 6.70. The van der Waals surface area contributed by atoms with Gasteiger partial charge in [0.15, 0.2) is 0 Å². The van der Waals surface area contributed by atoms with E-state index in [0.29, 0.717) is 0 Å². The van der Waals surface area contributed by atoms with Gasteiger partial charge < -0.3 is 19.9 Å². The molecule has 1 amide bonds. The fourth-order valence-corrected chi connectivity index (χ4v) is 1.34. The minimum Gasteiger partial charge on any atom is -0.480 e. The van der Waals surface area contributed by atoms with E-state index in [-0.39, 0.29) is 12.8 Å². The van der Waals surface area contributed by atoms with Crippen molar-refractivity contribution in [2.24, 2.45) is 0 Å². The van der Waals surface area contributed by atoms with E-state index < -0.39 is 35.1 Å². The summed E-state index contributed by atoms with van der Waals surface area (Å²) in [6.45, 7) is 8.22. The molecule has 0 fully saturated rings. The molecule has 0 aliphatic carbocycles. The third-order valence-corrected chi connectivity index (χ3v) is 2.72. The van der Waals surface area contributed by atoms with E-state index in [1.54, 1.807) is 20.8 Å². The van der Waals surface area contributed by atoms with E-state index in [2.05, 4.69) is 5.32 Å². The topological polar surface area (TPSA) is 102 Å². The van der Waals surface area contributed by atoms with Gasteiger partial charge in [-0.25, -0.2) is 4.79 Å². The number of carboxylic acids is 1. The lowest BCUT2D eigenvalue weighted by Crippen LogP contribution is -2.50. The number of ether oxygens (including phenoxy) is 2. The zero-order valence-corrected chi connectivity index (χ0v) is 13.5. The van der Waals surface area contributed by atoms with Crippen molar-refractivity contribution in [2.75, 3.05) is 7.11 Å². The van der Waals surface area contributed by atoms with E-state index in [4.69, 9.17) is 14.6 Å². The third-order valence-electron chi connectivity index (χ3n) is 2.72.